The zero-order chi connectivity index (χ0) is 9.84. The van der Waals surface area contributed by atoms with Crippen LogP contribution in [-0.2, 0) is 4.79 Å². The van der Waals surface area contributed by atoms with E-state index in [1.807, 2.05) is 11.9 Å². The molecular formula is C9H19N3O. The quantitative estimate of drug-likeness (QED) is 0.612. The van der Waals surface area contributed by atoms with Crippen molar-refractivity contribution in [3.63, 3.8) is 0 Å². The van der Waals surface area contributed by atoms with Gasteiger partial charge in [0.15, 0.2) is 0 Å². The second-order valence-corrected chi connectivity index (χ2v) is 3.70. The Labute approximate surface area is 79.5 Å². The second-order valence-electron chi connectivity index (χ2n) is 3.70. The largest absolute Gasteiger partial charge is 0.340 e. The fraction of sp³-hybridized carbons (Fsp3) is 0.889. The molecule has 0 aromatic rings. The molecule has 0 spiro atoms. The normalized spacial score (nSPS) is 25.8. The number of hydrogen-bond acceptors (Lipinski definition) is 3. The Bertz CT molecular complexity index is 182. The summed E-state index contributed by atoms with van der Waals surface area (Å²) in [5.41, 5.74) is 5.54. The number of hydrogen-bond donors (Lipinski definition) is 2. The molecule has 0 aromatic heterocycles. The van der Waals surface area contributed by atoms with Crippen LogP contribution in [0.4, 0.5) is 0 Å². The Morgan fingerprint density at radius 3 is 2.92 bits per heavy atom. The van der Waals surface area contributed by atoms with Gasteiger partial charge in [-0.15, -0.1) is 0 Å². The van der Waals surface area contributed by atoms with E-state index in [0.29, 0.717) is 6.04 Å². The lowest BCUT2D eigenvalue weighted by Crippen LogP contribution is -2.51. The van der Waals surface area contributed by atoms with Crippen LogP contribution in [0.2, 0.25) is 0 Å². The van der Waals surface area contributed by atoms with Crippen LogP contribution in [0, 0.1) is 0 Å². The summed E-state index contributed by atoms with van der Waals surface area (Å²) in [7, 11) is 1.94. The van der Waals surface area contributed by atoms with E-state index >= 15 is 0 Å². The van der Waals surface area contributed by atoms with E-state index in [2.05, 4.69) is 5.32 Å². The van der Waals surface area contributed by atoms with E-state index in [4.69, 9.17) is 5.73 Å². The van der Waals surface area contributed by atoms with Gasteiger partial charge < -0.3 is 16.0 Å². The van der Waals surface area contributed by atoms with Gasteiger partial charge in [-0.3, -0.25) is 4.79 Å². The Morgan fingerprint density at radius 1 is 1.69 bits per heavy atom. The zero-order valence-electron chi connectivity index (χ0n) is 8.42. The minimum atomic E-state index is -0.365. The highest BCUT2D eigenvalue weighted by Gasteiger charge is 2.23. The lowest BCUT2D eigenvalue weighted by molar-refractivity contribution is -0.133. The minimum Gasteiger partial charge on any atom is -0.340 e. The van der Waals surface area contributed by atoms with Gasteiger partial charge in [-0.05, 0) is 26.8 Å². The molecule has 2 atom stereocenters. The van der Waals surface area contributed by atoms with Crippen molar-refractivity contribution in [3.8, 4) is 0 Å². The molecule has 4 heteroatoms. The van der Waals surface area contributed by atoms with Crippen LogP contribution < -0.4 is 11.1 Å². The number of piperidine rings is 1. The Morgan fingerprint density at radius 2 is 2.38 bits per heavy atom. The predicted octanol–water partition coefficient (Wildman–Crippen LogP) is -0.456. The smallest absolute Gasteiger partial charge is 0.239 e. The van der Waals surface area contributed by atoms with Crippen molar-refractivity contribution in [2.45, 2.75) is 31.8 Å². The second kappa shape index (κ2) is 4.58. The highest BCUT2D eigenvalue weighted by molar-refractivity contribution is 5.81. The molecule has 0 aliphatic carbocycles. The number of nitrogens with one attached hydrogen (secondary N) is 1. The fourth-order valence-electron chi connectivity index (χ4n) is 1.70. The monoisotopic (exact) mass is 185 g/mol. The number of likely N-dealkylation sites (N-methyl/N-ethyl adjacent to an activating group) is 1. The number of amides is 1. The maximum atomic E-state index is 11.5. The van der Waals surface area contributed by atoms with E-state index in [-0.39, 0.29) is 11.9 Å². The summed E-state index contributed by atoms with van der Waals surface area (Å²) in [4.78, 5) is 13.4. The van der Waals surface area contributed by atoms with Gasteiger partial charge in [0, 0.05) is 19.1 Å². The SMILES string of the molecule is CNC1CCCN(C(=O)[C@@H](C)N)C1. The number of nitrogens with two attached hydrogens (primary N) is 1. The van der Waals surface area contributed by atoms with Crippen LogP contribution >= 0.6 is 0 Å². The van der Waals surface area contributed by atoms with Crippen LogP contribution in [0.3, 0.4) is 0 Å². The third-order valence-electron chi connectivity index (χ3n) is 2.53. The van der Waals surface area contributed by atoms with Crippen LogP contribution in [0.15, 0.2) is 0 Å². The maximum absolute atomic E-state index is 11.5. The van der Waals surface area contributed by atoms with E-state index < -0.39 is 0 Å². The molecule has 0 bridgehead atoms. The van der Waals surface area contributed by atoms with E-state index in [1.165, 1.54) is 0 Å². The van der Waals surface area contributed by atoms with Gasteiger partial charge in [0.25, 0.3) is 0 Å². The summed E-state index contributed by atoms with van der Waals surface area (Å²) in [6.45, 7) is 3.40. The molecule has 1 aliphatic heterocycles. The molecule has 1 aliphatic rings. The summed E-state index contributed by atoms with van der Waals surface area (Å²) in [5, 5.41) is 3.19. The predicted molar refractivity (Wildman–Crippen MR) is 52.3 cm³/mol. The molecule has 1 saturated heterocycles. The molecule has 0 radical (unpaired) electrons. The standard InChI is InChI=1S/C9H19N3O/c1-7(10)9(13)12-5-3-4-8(6-12)11-2/h7-8,11H,3-6,10H2,1-2H3/t7-,8?/m1/s1. The number of carbonyl (C=O) groups excluding carboxylic acids is 1. The average molecular weight is 185 g/mol. The first-order valence-corrected chi connectivity index (χ1v) is 4.86. The molecule has 1 unspecified atom stereocenters. The third kappa shape index (κ3) is 2.67. The molecule has 0 aromatic carbocycles. The number of carbonyl (C=O) groups is 1. The van der Waals surface area contributed by atoms with Gasteiger partial charge in [0.1, 0.15) is 0 Å². The van der Waals surface area contributed by atoms with Crippen molar-refractivity contribution in [2.75, 3.05) is 20.1 Å². The lowest BCUT2D eigenvalue weighted by atomic mass is 10.1. The molecule has 4 nitrogen and oxygen atoms in total. The van der Waals surface area contributed by atoms with Gasteiger partial charge in [-0.2, -0.15) is 0 Å². The highest BCUT2D eigenvalue weighted by atomic mass is 16.2. The highest BCUT2D eigenvalue weighted by Crippen LogP contribution is 2.10. The average Bonchev–Trinajstić information content (AvgIpc) is 2.16. The van der Waals surface area contributed by atoms with Crippen molar-refractivity contribution in [1.29, 1.82) is 0 Å². The molecule has 1 amide bonds. The third-order valence-corrected chi connectivity index (χ3v) is 2.53. The Balaban J connectivity index is 2.46. The van der Waals surface area contributed by atoms with E-state index in [9.17, 15) is 4.79 Å². The van der Waals surface area contributed by atoms with Crippen molar-refractivity contribution >= 4 is 5.91 Å². The lowest BCUT2D eigenvalue weighted by Gasteiger charge is -2.33. The number of rotatable bonds is 2. The molecule has 76 valence electrons. The molecule has 0 saturated carbocycles. The van der Waals surface area contributed by atoms with Gasteiger partial charge in [0.05, 0.1) is 6.04 Å². The van der Waals surface area contributed by atoms with Gasteiger partial charge in [-0.25, -0.2) is 0 Å². The van der Waals surface area contributed by atoms with Crippen LogP contribution in [-0.4, -0.2) is 43.0 Å². The molecule has 1 heterocycles. The fourth-order valence-corrected chi connectivity index (χ4v) is 1.70. The Kier molecular flexibility index (Phi) is 3.69. The van der Waals surface area contributed by atoms with Gasteiger partial charge in [0.2, 0.25) is 5.91 Å². The van der Waals surface area contributed by atoms with E-state index in [1.54, 1.807) is 6.92 Å². The van der Waals surface area contributed by atoms with Crippen LogP contribution in [0.25, 0.3) is 0 Å². The van der Waals surface area contributed by atoms with Crippen molar-refractivity contribution in [3.05, 3.63) is 0 Å². The summed E-state index contributed by atoms with van der Waals surface area (Å²) < 4.78 is 0. The topological polar surface area (TPSA) is 58.4 Å². The summed E-state index contributed by atoms with van der Waals surface area (Å²) in [6.07, 6.45) is 2.23. The Hall–Kier alpha value is -0.610. The van der Waals surface area contributed by atoms with Gasteiger partial charge in [-0.1, -0.05) is 0 Å². The first kappa shape index (κ1) is 10.5. The van der Waals surface area contributed by atoms with Crippen molar-refractivity contribution in [2.24, 2.45) is 5.73 Å². The summed E-state index contributed by atoms with van der Waals surface area (Å²) >= 11 is 0. The van der Waals surface area contributed by atoms with E-state index in [0.717, 1.165) is 25.9 Å². The molecular weight excluding hydrogens is 166 g/mol. The minimum absolute atomic E-state index is 0.0694. The molecule has 13 heavy (non-hydrogen) atoms. The number of likely N-dealkylation sites (tertiary alicyclic amines) is 1. The first-order valence-electron chi connectivity index (χ1n) is 4.86. The van der Waals surface area contributed by atoms with Crippen molar-refractivity contribution < 1.29 is 4.79 Å². The number of nitrogens with zero attached hydrogens (tertiary/aromatic N) is 1. The zero-order valence-corrected chi connectivity index (χ0v) is 8.42. The van der Waals surface area contributed by atoms with Crippen LogP contribution in [0.5, 0.6) is 0 Å². The maximum Gasteiger partial charge on any atom is 0.239 e. The summed E-state index contributed by atoms with van der Waals surface area (Å²) in [5.74, 6) is 0.0694. The van der Waals surface area contributed by atoms with Crippen molar-refractivity contribution in [1.82, 2.24) is 10.2 Å². The molecule has 1 fully saturated rings. The molecule has 3 N–H and O–H groups in total. The van der Waals surface area contributed by atoms with Crippen LogP contribution in [0.1, 0.15) is 19.8 Å². The summed E-state index contributed by atoms with van der Waals surface area (Å²) in [6, 6.07) is 0.0760. The first-order chi connectivity index (χ1) is 6.15. The van der Waals surface area contributed by atoms with Gasteiger partial charge >= 0.3 is 0 Å². The molecule has 1 rings (SSSR count).